The van der Waals surface area contributed by atoms with Gasteiger partial charge >= 0.3 is 0 Å². The van der Waals surface area contributed by atoms with E-state index in [-0.39, 0.29) is 12.3 Å². The van der Waals surface area contributed by atoms with Crippen LogP contribution < -0.4 is 10.2 Å². The molecule has 0 atom stereocenters. The van der Waals surface area contributed by atoms with Crippen molar-refractivity contribution >= 4 is 40.2 Å². The fraction of sp³-hybridized carbons (Fsp3) is 0.318. The molecule has 156 valence electrons. The van der Waals surface area contributed by atoms with E-state index in [2.05, 4.69) is 32.0 Å². The summed E-state index contributed by atoms with van der Waals surface area (Å²) in [6.07, 6.45) is 1.95. The van der Waals surface area contributed by atoms with Gasteiger partial charge in [-0.15, -0.1) is 11.3 Å². The molecule has 2 aromatic heterocycles. The van der Waals surface area contributed by atoms with Crippen LogP contribution in [0.1, 0.15) is 12.6 Å². The number of amides is 1. The van der Waals surface area contributed by atoms with Gasteiger partial charge in [-0.25, -0.2) is 4.98 Å². The van der Waals surface area contributed by atoms with E-state index in [9.17, 15) is 4.79 Å². The highest BCUT2D eigenvalue weighted by Gasteiger charge is 2.20. The van der Waals surface area contributed by atoms with Gasteiger partial charge in [0.25, 0.3) is 0 Å². The molecule has 1 saturated heterocycles. The lowest BCUT2D eigenvalue weighted by Crippen LogP contribution is -2.46. The molecule has 1 amide bonds. The number of hydrogen-bond acceptors (Lipinski definition) is 6. The van der Waals surface area contributed by atoms with Crippen LogP contribution in [0.25, 0.3) is 10.7 Å². The Balaban J connectivity index is 1.44. The SMILES string of the molecule is CCN1CCN(c2ccc(Cl)cc2NC(=O)Cc2csc(-c3ccccn3)n2)CC1. The van der Waals surface area contributed by atoms with E-state index in [1.54, 1.807) is 6.20 Å². The van der Waals surface area contributed by atoms with Crippen molar-refractivity contribution in [3.8, 4) is 10.7 Å². The van der Waals surface area contributed by atoms with Crippen molar-refractivity contribution in [2.45, 2.75) is 13.3 Å². The summed E-state index contributed by atoms with van der Waals surface area (Å²) in [4.78, 5) is 26.3. The van der Waals surface area contributed by atoms with Crippen molar-refractivity contribution in [3.05, 3.63) is 58.7 Å². The summed E-state index contributed by atoms with van der Waals surface area (Å²) in [7, 11) is 0. The molecule has 0 spiro atoms. The largest absolute Gasteiger partial charge is 0.367 e. The van der Waals surface area contributed by atoms with Gasteiger partial charge in [0.2, 0.25) is 5.91 Å². The van der Waals surface area contributed by atoms with E-state index >= 15 is 0 Å². The summed E-state index contributed by atoms with van der Waals surface area (Å²) >= 11 is 7.71. The first-order chi connectivity index (χ1) is 14.6. The maximum Gasteiger partial charge on any atom is 0.230 e. The van der Waals surface area contributed by atoms with Crippen LogP contribution in [0.2, 0.25) is 5.02 Å². The second-order valence-corrected chi connectivity index (χ2v) is 8.46. The fourth-order valence-electron chi connectivity index (χ4n) is 3.54. The number of benzene rings is 1. The van der Waals surface area contributed by atoms with Crippen LogP contribution in [-0.4, -0.2) is 53.5 Å². The number of aromatic nitrogens is 2. The Morgan fingerprint density at radius 2 is 2.03 bits per heavy atom. The predicted octanol–water partition coefficient (Wildman–Crippen LogP) is 4.18. The van der Waals surface area contributed by atoms with Crippen molar-refractivity contribution < 1.29 is 4.79 Å². The van der Waals surface area contributed by atoms with Crippen molar-refractivity contribution in [3.63, 3.8) is 0 Å². The molecular weight excluding hydrogens is 418 g/mol. The van der Waals surface area contributed by atoms with Gasteiger partial charge in [-0.3, -0.25) is 9.78 Å². The quantitative estimate of drug-likeness (QED) is 0.621. The van der Waals surface area contributed by atoms with Gasteiger partial charge in [-0.2, -0.15) is 0 Å². The normalized spacial score (nSPS) is 14.7. The van der Waals surface area contributed by atoms with E-state index < -0.39 is 0 Å². The number of pyridine rings is 1. The number of nitrogens with one attached hydrogen (secondary N) is 1. The third-order valence-corrected chi connectivity index (χ3v) is 6.32. The maximum atomic E-state index is 12.7. The van der Waals surface area contributed by atoms with Crippen LogP contribution >= 0.6 is 22.9 Å². The number of piperazine rings is 1. The zero-order valence-electron chi connectivity index (χ0n) is 16.8. The Hall–Kier alpha value is -2.48. The molecule has 3 aromatic rings. The Labute approximate surface area is 185 Å². The van der Waals surface area contributed by atoms with E-state index in [0.29, 0.717) is 5.02 Å². The fourth-order valence-corrected chi connectivity index (χ4v) is 4.51. The molecule has 1 fully saturated rings. The summed E-state index contributed by atoms with van der Waals surface area (Å²) in [6, 6.07) is 11.4. The molecule has 1 aromatic carbocycles. The van der Waals surface area contributed by atoms with Gasteiger partial charge in [0, 0.05) is 42.8 Å². The predicted molar refractivity (Wildman–Crippen MR) is 123 cm³/mol. The Morgan fingerprint density at radius 1 is 1.20 bits per heavy atom. The summed E-state index contributed by atoms with van der Waals surface area (Å²) in [6.45, 7) is 7.13. The summed E-state index contributed by atoms with van der Waals surface area (Å²) in [5, 5.41) is 6.37. The number of nitrogens with zero attached hydrogens (tertiary/aromatic N) is 4. The molecule has 1 aliphatic heterocycles. The standard InChI is InChI=1S/C22H24ClN5OS/c1-2-27-9-11-28(12-10-27)20-7-6-16(23)13-19(20)26-21(29)14-17-15-30-22(25-17)18-5-3-4-8-24-18/h3-8,13,15H,2,9-12,14H2,1H3,(H,26,29). The molecule has 0 radical (unpaired) electrons. The van der Waals surface area contributed by atoms with Gasteiger partial charge in [-0.05, 0) is 36.9 Å². The number of rotatable bonds is 6. The van der Waals surface area contributed by atoms with Gasteiger partial charge in [0.05, 0.1) is 29.2 Å². The molecule has 30 heavy (non-hydrogen) atoms. The summed E-state index contributed by atoms with van der Waals surface area (Å²) in [5.74, 6) is -0.108. The monoisotopic (exact) mass is 441 g/mol. The smallest absolute Gasteiger partial charge is 0.230 e. The molecule has 1 N–H and O–H groups in total. The topological polar surface area (TPSA) is 61.4 Å². The molecule has 0 unspecified atom stereocenters. The van der Waals surface area contributed by atoms with Crippen LogP contribution in [0, 0.1) is 0 Å². The number of carbonyl (C=O) groups is 1. The van der Waals surface area contributed by atoms with E-state index in [1.807, 2.05) is 41.8 Å². The van der Waals surface area contributed by atoms with E-state index in [1.165, 1.54) is 11.3 Å². The zero-order chi connectivity index (χ0) is 20.9. The van der Waals surface area contributed by atoms with Crippen molar-refractivity contribution in [2.24, 2.45) is 0 Å². The van der Waals surface area contributed by atoms with Crippen LogP contribution in [0.5, 0.6) is 0 Å². The lowest BCUT2D eigenvalue weighted by molar-refractivity contribution is -0.115. The van der Waals surface area contributed by atoms with Gasteiger partial charge < -0.3 is 15.1 Å². The van der Waals surface area contributed by atoms with Crippen LogP contribution in [0.15, 0.2) is 48.0 Å². The lowest BCUT2D eigenvalue weighted by atomic mass is 10.2. The first-order valence-electron chi connectivity index (χ1n) is 10.0. The highest BCUT2D eigenvalue weighted by atomic mass is 35.5. The van der Waals surface area contributed by atoms with Crippen LogP contribution in [-0.2, 0) is 11.2 Å². The zero-order valence-corrected chi connectivity index (χ0v) is 18.4. The Morgan fingerprint density at radius 3 is 2.77 bits per heavy atom. The molecule has 0 saturated carbocycles. The number of anilines is 2. The van der Waals surface area contributed by atoms with Gasteiger partial charge in [0.15, 0.2) is 0 Å². The maximum absolute atomic E-state index is 12.7. The van der Waals surface area contributed by atoms with Crippen LogP contribution in [0.4, 0.5) is 11.4 Å². The first-order valence-corrected chi connectivity index (χ1v) is 11.3. The van der Waals surface area contributed by atoms with Crippen molar-refractivity contribution in [1.29, 1.82) is 0 Å². The van der Waals surface area contributed by atoms with Crippen molar-refractivity contribution in [1.82, 2.24) is 14.9 Å². The van der Waals surface area contributed by atoms with Crippen molar-refractivity contribution in [2.75, 3.05) is 42.9 Å². The minimum absolute atomic E-state index is 0.108. The summed E-state index contributed by atoms with van der Waals surface area (Å²) in [5.41, 5.74) is 3.31. The molecule has 0 bridgehead atoms. The van der Waals surface area contributed by atoms with E-state index in [0.717, 1.165) is 60.5 Å². The average molecular weight is 442 g/mol. The Kier molecular flexibility index (Phi) is 6.62. The number of likely N-dealkylation sites (N-methyl/N-ethyl adjacent to an activating group) is 1. The lowest BCUT2D eigenvalue weighted by Gasteiger charge is -2.36. The minimum Gasteiger partial charge on any atom is -0.367 e. The average Bonchev–Trinajstić information content (AvgIpc) is 3.23. The van der Waals surface area contributed by atoms with Crippen LogP contribution in [0.3, 0.4) is 0 Å². The van der Waals surface area contributed by atoms with E-state index in [4.69, 9.17) is 11.6 Å². The molecular formula is C22H24ClN5OS. The molecule has 1 aliphatic rings. The number of halogens is 1. The number of thiazole rings is 1. The highest BCUT2D eigenvalue weighted by Crippen LogP contribution is 2.30. The number of hydrogen-bond donors (Lipinski definition) is 1. The first kappa shape index (κ1) is 20.8. The Bertz CT molecular complexity index is 1000. The van der Waals surface area contributed by atoms with Gasteiger partial charge in [-0.1, -0.05) is 24.6 Å². The second kappa shape index (κ2) is 9.55. The second-order valence-electron chi connectivity index (χ2n) is 7.17. The minimum atomic E-state index is -0.108. The third-order valence-electron chi connectivity index (χ3n) is 5.17. The molecule has 3 heterocycles. The van der Waals surface area contributed by atoms with Gasteiger partial charge in [0.1, 0.15) is 5.01 Å². The molecule has 0 aliphatic carbocycles. The highest BCUT2D eigenvalue weighted by molar-refractivity contribution is 7.13. The number of carbonyl (C=O) groups excluding carboxylic acids is 1. The third kappa shape index (κ3) is 4.98. The molecule has 8 heteroatoms. The molecule has 6 nitrogen and oxygen atoms in total. The molecule has 4 rings (SSSR count). The summed E-state index contributed by atoms with van der Waals surface area (Å²) < 4.78 is 0.